The Balaban J connectivity index is 1.72. The van der Waals surface area contributed by atoms with E-state index in [0.29, 0.717) is 5.56 Å². The van der Waals surface area contributed by atoms with Crippen LogP contribution in [0, 0.1) is 13.8 Å². The Morgan fingerprint density at radius 3 is 2.33 bits per heavy atom. The molecule has 0 bridgehead atoms. The zero-order valence-corrected chi connectivity index (χ0v) is 14.0. The van der Waals surface area contributed by atoms with Gasteiger partial charge in [-0.25, -0.2) is 9.67 Å². The van der Waals surface area contributed by atoms with Crippen LogP contribution in [0.5, 0.6) is 0 Å². The minimum absolute atomic E-state index is 0.0605. The molecule has 24 heavy (non-hydrogen) atoms. The lowest BCUT2D eigenvalue weighted by Gasteiger charge is -2.15. The Morgan fingerprint density at radius 1 is 1.08 bits per heavy atom. The number of carbonyl (C=O) groups excluding carboxylic acids is 1. The van der Waals surface area contributed by atoms with Gasteiger partial charge in [-0.15, -0.1) is 0 Å². The molecule has 0 saturated carbocycles. The highest BCUT2D eigenvalue weighted by atomic mass is 16.1. The summed E-state index contributed by atoms with van der Waals surface area (Å²) in [5.41, 5.74) is 4.84. The van der Waals surface area contributed by atoms with Crippen LogP contribution in [0.15, 0.2) is 55.1 Å². The maximum absolute atomic E-state index is 12.5. The highest BCUT2D eigenvalue weighted by Gasteiger charge is 2.12. The first kappa shape index (κ1) is 15.9. The summed E-state index contributed by atoms with van der Waals surface area (Å²) in [6.07, 6.45) is 3.15. The van der Waals surface area contributed by atoms with Crippen LogP contribution in [-0.4, -0.2) is 20.7 Å². The number of benzene rings is 2. The molecule has 0 spiro atoms. The first-order chi connectivity index (χ1) is 11.5. The fraction of sp³-hybridized carbons (Fsp3) is 0.211. The fourth-order valence-corrected chi connectivity index (χ4v) is 2.73. The molecule has 0 aliphatic carbocycles. The minimum atomic E-state index is -0.0804. The van der Waals surface area contributed by atoms with Crippen LogP contribution >= 0.6 is 0 Å². The van der Waals surface area contributed by atoms with Crippen LogP contribution in [0.1, 0.15) is 40.0 Å². The summed E-state index contributed by atoms with van der Waals surface area (Å²) in [6.45, 7) is 5.97. The van der Waals surface area contributed by atoms with E-state index in [-0.39, 0.29) is 11.9 Å². The highest BCUT2D eigenvalue weighted by molar-refractivity contribution is 5.94. The summed E-state index contributed by atoms with van der Waals surface area (Å²) in [5.74, 6) is -0.0605. The van der Waals surface area contributed by atoms with Gasteiger partial charge in [-0.1, -0.05) is 29.3 Å². The van der Waals surface area contributed by atoms with Gasteiger partial charge < -0.3 is 5.32 Å². The summed E-state index contributed by atoms with van der Waals surface area (Å²) < 4.78 is 1.70. The van der Waals surface area contributed by atoms with Gasteiger partial charge in [0, 0.05) is 5.56 Å². The molecule has 3 rings (SSSR count). The molecule has 0 fully saturated rings. The van der Waals surface area contributed by atoms with Gasteiger partial charge in [0.15, 0.2) is 0 Å². The van der Waals surface area contributed by atoms with Crippen LogP contribution < -0.4 is 5.32 Å². The Bertz CT molecular complexity index is 818. The summed E-state index contributed by atoms with van der Waals surface area (Å²) in [7, 11) is 0. The fourth-order valence-electron chi connectivity index (χ4n) is 2.73. The van der Waals surface area contributed by atoms with Gasteiger partial charge in [0.2, 0.25) is 0 Å². The molecule has 0 aliphatic rings. The smallest absolute Gasteiger partial charge is 0.251 e. The predicted molar refractivity (Wildman–Crippen MR) is 93.2 cm³/mol. The monoisotopic (exact) mass is 320 g/mol. The molecule has 3 aromatic rings. The third-order valence-corrected chi connectivity index (χ3v) is 3.91. The van der Waals surface area contributed by atoms with Crippen LogP contribution in [0.25, 0.3) is 5.69 Å². The van der Waals surface area contributed by atoms with E-state index in [2.05, 4.69) is 21.5 Å². The lowest BCUT2D eigenvalue weighted by molar-refractivity contribution is 0.0939. The predicted octanol–water partition coefficient (Wildman–Crippen LogP) is 3.38. The second kappa shape index (κ2) is 6.66. The topological polar surface area (TPSA) is 59.8 Å². The maximum Gasteiger partial charge on any atom is 0.251 e. The van der Waals surface area contributed by atoms with Crippen molar-refractivity contribution in [3.05, 3.63) is 77.4 Å². The third kappa shape index (κ3) is 3.51. The lowest BCUT2D eigenvalue weighted by atomic mass is 10.0. The molecular weight excluding hydrogens is 300 g/mol. The van der Waals surface area contributed by atoms with E-state index in [4.69, 9.17) is 0 Å². The highest BCUT2D eigenvalue weighted by Crippen LogP contribution is 2.16. The molecule has 5 heteroatoms. The Kier molecular flexibility index (Phi) is 4.42. The molecule has 2 aromatic carbocycles. The number of nitrogens with zero attached hydrogens (tertiary/aromatic N) is 3. The van der Waals surface area contributed by atoms with Gasteiger partial charge in [0.25, 0.3) is 5.91 Å². The van der Waals surface area contributed by atoms with Crippen LogP contribution in [0.4, 0.5) is 0 Å². The van der Waals surface area contributed by atoms with Crippen LogP contribution in [0.3, 0.4) is 0 Å². The number of rotatable bonds is 4. The average Bonchev–Trinajstić information content (AvgIpc) is 3.08. The van der Waals surface area contributed by atoms with Crippen molar-refractivity contribution in [3.8, 4) is 5.69 Å². The zero-order chi connectivity index (χ0) is 17.1. The maximum atomic E-state index is 12.5. The number of carbonyl (C=O) groups is 1. The standard InChI is InChI=1S/C19H20N4O/c1-13-8-14(2)10-17(9-13)19(24)22-15(3)16-4-6-18(7-5-16)23-12-20-11-21-23/h4-12,15H,1-3H3,(H,22,24)/t15-/m1/s1. The summed E-state index contributed by atoms with van der Waals surface area (Å²) in [4.78, 5) is 16.4. The molecule has 1 amide bonds. The van der Waals surface area contributed by atoms with E-state index in [1.807, 2.05) is 57.2 Å². The molecule has 5 nitrogen and oxygen atoms in total. The van der Waals surface area contributed by atoms with Gasteiger partial charge in [-0.2, -0.15) is 5.10 Å². The molecule has 0 radical (unpaired) electrons. The molecular formula is C19H20N4O. The van der Waals surface area contributed by atoms with Gasteiger partial charge in [0.05, 0.1) is 11.7 Å². The molecule has 122 valence electrons. The number of nitrogens with one attached hydrogen (secondary N) is 1. The SMILES string of the molecule is Cc1cc(C)cc(C(=O)N[C@H](C)c2ccc(-n3cncn3)cc2)c1. The van der Waals surface area contributed by atoms with Crippen LogP contribution in [0.2, 0.25) is 0 Å². The lowest BCUT2D eigenvalue weighted by Crippen LogP contribution is -2.26. The quantitative estimate of drug-likeness (QED) is 0.802. The van der Waals surface area contributed by atoms with Gasteiger partial charge in [0.1, 0.15) is 12.7 Å². The van der Waals surface area contributed by atoms with Crippen molar-refractivity contribution in [3.63, 3.8) is 0 Å². The molecule has 0 unspecified atom stereocenters. The third-order valence-electron chi connectivity index (χ3n) is 3.91. The van der Waals surface area contributed by atoms with Gasteiger partial charge >= 0.3 is 0 Å². The van der Waals surface area contributed by atoms with Crippen molar-refractivity contribution in [1.82, 2.24) is 20.1 Å². The van der Waals surface area contributed by atoms with Gasteiger partial charge in [-0.05, 0) is 50.6 Å². The van der Waals surface area contributed by atoms with E-state index < -0.39 is 0 Å². The summed E-state index contributed by atoms with van der Waals surface area (Å²) in [5, 5.41) is 7.15. The largest absolute Gasteiger partial charge is 0.346 e. The first-order valence-electron chi connectivity index (χ1n) is 7.87. The Hall–Kier alpha value is -2.95. The van der Waals surface area contributed by atoms with E-state index >= 15 is 0 Å². The number of hydrogen-bond acceptors (Lipinski definition) is 3. The molecule has 1 atom stereocenters. The molecule has 1 heterocycles. The van der Waals surface area contributed by atoms with E-state index in [1.54, 1.807) is 11.0 Å². The molecule has 1 aromatic heterocycles. The van der Waals surface area contributed by atoms with Crippen LogP contribution in [-0.2, 0) is 0 Å². The molecule has 1 N–H and O–H groups in total. The van der Waals surface area contributed by atoms with Crippen molar-refractivity contribution >= 4 is 5.91 Å². The van der Waals surface area contributed by atoms with E-state index in [0.717, 1.165) is 22.4 Å². The van der Waals surface area contributed by atoms with Crippen molar-refractivity contribution in [2.45, 2.75) is 26.8 Å². The summed E-state index contributed by atoms with van der Waals surface area (Å²) in [6, 6.07) is 13.7. The van der Waals surface area contributed by atoms with Crippen molar-refractivity contribution in [2.24, 2.45) is 0 Å². The van der Waals surface area contributed by atoms with Crippen molar-refractivity contribution < 1.29 is 4.79 Å². The number of aryl methyl sites for hydroxylation is 2. The minimum Gasteiger partial charge on any atom is -0.346 e. The first-order valence-corrected chi connectivity index (χ1v) is 7.87. The van der Waals surface area contributed by atoms with E-state index in [1.165, 1.54) is 6.33 Å². The molecule has 0 saturated heterocycles. The number of amides is 1. The second-order valence-electron chi connectivity index (χ2n) is 6.00. The number of hydrogen-bond donors (Lipinski definition) is 1. The average molecular weight is 320 g/mol. The summed E-state index contributed by atoms with van der Waals surface area (Å²) >= 11 is 0. The normalized spacial score (nSPS) is 12.0. The number of aromatic nitrogens is 3. The Morgan fingerprint density at radius 2 is 1.75 bits per heavy atom. The Labute approximate surface area is 141 Å². The zero-order valence-electron chi connectivity index (χ0n) is 14.0. The molecule has 0 aliphatic heterocycles. The van der Waals surface area contributed by atoms with E-state index in [9.17, 15) is 4.79 Å². The van der Waals surface area contributed by atoms with Crippen molar-refractivity contribution in [1.29, 1.82) is 0 Å². The second-order valence-corrected chi connectivity index (χ2v) is 6.00. The van der Waals surface area contributed by atoms with Crippen molar-refractivity contribution in [2.75, 3.05) is 0 Å². The van der Waals surface area contributed by atoms with Gasteiger partial charge in [-0.3, -0.25) is 4.79 Å².